The molecule has 1 N–H and O–H groups in total. The zero-order valence-electron chi connectivity index (χ0n) is 23.8. The maximum atomic E-state index is 13.7. The van der Waals surface area contributed by atoms with Gasteiger partial charge in [0.05, 0.1) is 37.5 Å². The number of anilines is 1. The first-order chi connectivity index (χ1) is 20.3. The van der Waals surface area contributed by atoms with Gasteiger partial charge in [-0.05, 0) is 80.4 Å². The Hall–Kier alpha value is -4.19. The molecular formula is C31H34N4O6S. The SMILES string of the molecule is COc1ccc(-c2cn(-c3ccc(C)cc3)c(NC(=O)CN(CC3CCCO3)S(=O)(=O)c3ccc(OC)cc3)n2)cc1. The van der Waals surface area contributed by atoms with E-state index in [0.29, 0.717) is 18.1 Å². The van der Waals surface area contributed by atoms with Crippen molar-refractivity contribution < 1.29 is 27.4 Å². The molecule has 1 aliphatic heterocycles. The second kappa shape index (κ2) is 12.8. The van der Waals surface area contributed by atoms with Crippen LogP contribution in [0.1, 0.15) is 18.4 Å². The number of hydrogen-bond donors (Lipinski definition) is 1. The van der Waals surface area contributed by atoms with Crippen LogP contribution in [-0.4, -0.2) is 68.2 Å². The molecule has 4 aromatic rings. The van der Waals surface area contributed by atoms with Gasteiger partial charge in [0.2, 0.25) is 21.9 Å². The van der Waals surface area contributed by atoms with Gasteiger partial charge in [-0.25, -0.2) is 13.4 Å². The van der Waals surface area contributed by atoms with Crippen LogP contribution < -0.4 is 14.8 Å². The van der Waals surface area contributed by atoms with Crippen molar-refractivity contribution in [2.45, 2.75) is 30.8 Å². The normalized spacial score (nSPS) is 15.1. The summed E-state index contributed by atoms with van der Waals surface area (Å²) in [5.74, 6) is 1.00. The number of rotatable bonds is 11. The van der Waals surface area contributed by atoms with Gasteiger partial charge in [0.1, 0.15) is 11.5 Å². The minimum atomic E-state index is -4.01. The van der Waals surface area contributed by atoms with Crippen LogP contribution in [0, 0.1) is 6.92 Å². The highest BCUT2D eigenvalue weighted by molar-refractivity contribution is 7.89. The van der Waals surface area contributed by atoms with Crippen LogP contribution in [0.3, 0.4) is 0 Å². The average molecular weight is 591 g/mol. The zero-order valence-corrected chi connectivity index (χ0v) is 24.6. The fourth-order valence-electron chi connectivity index (χ4n) is 4.76. The van der Waals surface area contributed by atoms with Gasteiger partial charge in [0.25, 0.3) is 0 Å². The molecule has 1 amide bonds. The van der Waals surface area contributed by atoms with Crippen LogP contribution >= 0.6 is 0 Å². The number of methoxy groups -OCH3 is 2. The molecule has 1 fully saturated rings. The standard InChI is InChI=1S/C31H34N4O6S/c1-22-6-10-24(11-7-22)35-20-29(23-8-12-25(39-2)13-9-23)32-31(35)33-30(36)21-34(19-27-5-4-18-41-27)42(37,38)28-16-14-26(40-3)15-17-28/h6-17,20,27H,4-5,18-19,21H2,1-3H3,(H,32,33,36). The first kappa shape index (κ1) is 29.3. The number of amides is 1. The van der Waals surface area contributed by atoms with Crippen LogP contribution in [0.15, 0.2) is 83.9 Å². The van der Waals surface area contributed by atoms with Crippen LogP contribution in [-0.2, 0) is 19.6 Å². The van der Waals surface area contributed by atoms with Gasteiger partial charge in [-0.1, -0.05) is 17.7 Å². The van der Waals surface area contributed by atoms with Crippen molar-refractivity contribution in [2.24, 2.45) is 0 Å². The predicted molar refractivity (Wildman–Crippen MR) is 160 cm³/mol. The van der Waals surface area contributed by atoms with Crippen LogP contribution in [0.4, 0.5) is 5.95 Å². The summed E-state index contributed by atoms with van der Waals surface area (Å²) in [6, 6.07) is 21.4. The summed E-state index contributed by atoms with van der Waals surface area (Å²) >= 11 is 0. The summed E-state index contributed by atoms with van der Waals surface area (Å²) in [5, 5.41) is 2.85. The third kappa shape index (κ3) is 6.64. The van der Waals surface area contributed by atoms with Gasteiger partial charge in [-0.3, -0.25) is 14.7 Å². The Morgan fingerprint density at radius 2 is 1.64 bits per heavy atom. The van der Waals surface area contributed by atoms with E-state index in [1.165, 1.54) is 23.5 Å². The highest BCUT2D eigenvalue weighted by Crippen LogP contribution is 2.27. The van der Waals surface area contributed by atoms with Crippen molar-refractivity contribution in [3.63, 3.8) is 0 Å². The van der Waals surface area contributed by atoms with E-state index in [-0.39, 0.29) is 23.5 Å². The highest BCUT2D eigenvalue weighted by atomic mass is 32.2. The minimum Gasteiger partial charge on any atom is -0.497 e. The van der Waals surface area contributed by atoms with E-state index in [1.807, 2.05) is 61.7 Å². The second-order valence-corrected chi connectivity index (χ2v) is 12.0. The summed E-state index contributed by atoms with van der Waals surface area (Å²) in [6.45, 7) is 2.21. The first-order valence-electron chi connectivity index (χ1n) is 13.6. The number of aromatic nitrogens is 2. The predicted octanol–water partition coefficient (Wildman–Crippen LogP) is 4.67. The summed E-state index contributed by atoms with van der Waals surface area (Å²) in [6.07, 6.45) is 3.11. The molecule has 0 saturated carbocycles. The summed E-state index contributed by atoms with van der Waals surface area (Å²) < 4.78 is 46.5. The Morgan fingerprint density at radius 3 is 2.24 bits per heavy atom. The molecule has 10 nitrogen and oxygen atoms in total. The number of benzene rings is 3. The zero-order chi connectivity index (χ0) is 29.7. The third-order valence-corrected chi connectivity index (χ3v) is 8.93. The van der Waals surface area contributed by atoms with Crippen molar-refractivity contribution in [3.05, 3.63) is 84.6 Å². The van der Waals surface area contributed by atoms with E-state index in [0.717, 1.165) is 35.4 Å². The Balaban J connectivity index is 1.44. The molecule has 1 saturated heterocycles. The van der Waals surface area contributed by atoms with Gasteiger partial charge in [0, 0.05) is 30.6 Å². The molecule has 42 heavy (non-hydrogen) atoms. The molecule has 1 unspecified atom stereocenters. The molecule has 1 aliphatic rings. The van der Waals surface area contributed by atoms with Crippen molar-refractivity contribution in [3.8, 4) is 28.4 Å². The maximum absolute atomic E-state index is 13.7. The third-order valence-electron chi connectivity index (χ3n) is 7.10. The highest BCUT2D eigenvalue weighted by Gasteiger charge is 2.31. The van der Waals surface area contributed by atoms with Crippen molar-refractivity contribution in [2.75, 3.05) is 39.2 Å². The topological polar surface area (TPSA) is 112 Å². The van der Waals surface area contributed by atoms with E-state index in [2.05, 4.69) is 5.32 Å². The fraction of sp³-hybridized carbons (Fsp3) is 0.290. The van der Waals surface area contributed by atoms with E-state index < -0.39 is 22.5 Å². The number of aryl methyl sites for hydroxylation is 1. The largest absolute Gasteiger partial charge is 0.497 e. The Bertz CT molecular complexity index is 1610. The van der Waals surface area contributed by atoms with Crippen LogP contribution in [0.25, 0.3) is 16.9 Å². The summed E-state index contributed by atoms with van der Waals surface area (Å²) in [5.41, 5.74) is 3.36. The van der Waals surface area contributed by atoms with E-state index >= 15 is 0 Å². The van der Waals surface area contributed by atoms with Crippen LogP contribution in [0.2, 0.25) is 0 Å². The number of nitrogens with zero attached hydrogens (tertiary/aromatic N) is 3. The van der Waals surface area contributed by atoms with Gasteiger partial charge in [-0.2, -0.15) is 4.31 Å². The lowest BCUT2D eigenvalue weighted by atomic mass is 10.1. The second-order valence-electron chi connectivity index (χ2n) is 10.0. The Labute approximate surface area is 245 Å². The van der Waals surface area contributed by atoms with Gasteiger partial charge in [-0.15, -0.1) is 0 Å². The van der Waals surface area contributed by atoms with E-state index in [4.69, 9.17) is 19.2 Å². The first-order valence-corrected chi connectivity index (χ1v) is 15.1. The molecule has 0 bridgehead atoms. The number of carbonyl (C=O) groups excluding carboxylic acids is 1. The van der Waals surface area contributed by atoms with E-state index in [9.17, 15) is 13.2 Å². The Morgan fingerprint density at radius 1 is 1.00 bits per heavy atom. The lowest BCUT2D eigenvalue weighted by Crippen LogP contribution is -2.42. The molecule has 1 atom stereocenters. The molecular weight excluding hydrogens is 556 g/mol. The average Bonchev–Trinajstić information content (AvgIpc) is 3.67. The monoisotopic (exact) mass is 590 g/mol. The van der Waals surface area contributed by atoms with Crippen molar-refractivity contribution in [1.29, 1.82) is 0 Å². The lowest BCUT2D eigenvalue weighted by Gasteiger charge is -2.24. The van der Waals surface area contributed by atoms with Crippen molar-refractivity contribution in [1.82, 2.24) is 13.9 Å². The molecule has 3 aromatic carbocycles. The molecule has 2 heterocycles. The van der Waals surface area contributed by atoms with Crippen LogP contribution in [0.5, 0.6) is 11.5 Å². The molecule has 0 aliphatic carbocycles. The quantitative estimate of drug-likeness (QED) is 0.270. The minimum absolute atomic E-state index is 0.0608. The number of ether oxygens (including phenoxy) is 3. The molecule has 1 aromatic heterocycles. The lowest BCUT2D eigenvalue weighted by molar-refractivity contribution is -0.116. The smallest absolute Gasteiger partial charge is 0.243 e. The number of sulfonamides is 1. The fourth-order valence-corrected chi connectivity index (χ4v) is 6.18. The maximum Gasteiger partial charge on any atom is 0.243 e. The molecule has 11 heteroatoms. The van der Waals surface area contributed by atoms with E-state index in [1.54, 1.807) is 23.8 Å². The number of carbonyl (C=O) groups is 1. The number of imidazole rings is 1. The summed E-state index contributed by atoms with van der Waals surface area (Å²) in [7, 11) is -0.900. The molecule has 0 radical (unpaired) electrons. The molecule has 5 rings (SSSR count). The number of nitrogens with one attached hydrogen (secondary N) is 1. The molecule has 0 spiro atoms. The van der Waals surface area contributed by atoms with Crippen molar-refractivity contribution >= 4 is 21.9 Å². The van der Waals surface area contributed by atoms with Gasteiger partial charge >= 0.3 is 0 Å². The summed E-state index contributed by atoms with van der Waals surface area (Å²) in [4.78, 5) is 18.3. The van der Waals surface area contributed by atoms with Gasteiger partial charge < -0.3 is 14.2 Å². The Kier molecular flexibility index (Phi) is 8.91. The molecule has 220 valence electrons. The van der Waals surface area contributed by atoms with Gasteiger partial charge in [0.15, 0.2) is 0 Å². The number of hydrogen-bond acceptors (Lipinski definition) is 7.